The van der Waals surface area contributed by atoms with Crippen LogP contribution in [0.15, 0.2) is 24.7 Å². The van der Waals surface area contributed by atoms with Crippen molar-refractivity contribution in [2.75, 3.05) is 6.54 Å². The van der Waals surface area contributed by atoms with Gasteiger partial charge in [-0.2, -0.15) is 0 Å². The van der Waals surface area contributed by atoms with E-state index in [1.165, 1.54) is 18.5 Å². The third kappa shape index (κ3) is 12.1. The summed E-state index contributed by atoms with van der Waals surface area (Å²) >= 11 is 0. The number of aromatic nitrogens is 2. The zero-order valence-electron chi connectivity index (χ0n) is 10.6. The van der Waals surface area contributed by atoms with Gasteiger partial charge in [0.1, 0.15) is 0 Å². The number of unbranched alkanes of at least 4 members (excludes halogenated alkanes) is 2. The maximum atomic E-state index is 9.55. The van der Waals surface area contributed by atoms with Crippen LogP contribution in [-0.4, -0.2) is 38.7 Å². The van der Waals surface area contributed by atoms with Gasteiger partial charge in [0.05, 0.1) is 6.33 Å². The highest BCUT2D eigenvalue weighted by atomic mass is 16.4. The van der Waals surface area contributed by atoms with Gasteiger partial charge in [-0.1, -0.05) is 6.42 Å². The van der Waals surface area contributed by atoms with Gasteiger partial charge in [0, 0.05) is 24.0 Å². The lowest BCUT2D eigenvalue weighted by atomic mass is 10.1. The van der Waals surface area contributed by atoms with Gasteiger partial charge in [-0.05, 0) is 25.8 Å². The van der Waals surface area contributed by atoms with Crippen molar-refractivity contribution in [1.82, 2.24) is 9.97 Å². The minimum absolute atomic E-state index is 0.558. The molecule has 0 fully saturated rings. The van der Waals surface area contributed by atoms with E-state index < -0.39 is 11.9 Å². The van der Waals surface area contributed by atoms with Crippen LogP contribution in [0.5, 0.6) is 0 Å². The first-order chi connectivity index (χ1) is 9.06. The van der Waals surface area contributed by atoms with Crippen molar-refractivity contribution in [3.05, 3.63) is 30.4 Å². The van der Waals surface area contributed by atoms with Crippen LogP contribution in [0.2, 0.25) is 0 Å². The predicted octanol–water partition coefficient (Wildman–Crippen LogP) is 0.793. The number of carboxylic acid groups (broad SMARTS) is 2. The van der Waals surface area contributed by atoms with Crippen molar-refractivity contribution in [1.29, 1.82) is 0 Å². The summed E-state index contributed by atoms with van der Waals surface area (Å²) in [5, 5.41) is 15.6. The number of aromatic amines is 1. The Hall–Kier alpha value is -2.15. The number of nitrogens with zero attached hydrogens (tertiary/aromatic N) is 1. The molecule has 0 radical (unpaired) electrons. The fraction of sp³-hybridized carbons (Fsp3) is 0.417. The van der Waals surface area contributed by atoms with Crippen LogP contribution in [0.4, 0.5) is 0 Å². The highest BCUT2D eigenvalue weighted by Crippen LogP contribution is 2.01. The third-order valence-corrected chi connectivity index (χ3v) is 2.07. The van der Waals surface area contributed by atoms with Crippen molar-refractivity contribution < 1.29 is 19.8 Å². The molecule has 7 nitrogen and oxygen atoms in total. The van der Waals surface area contributed by atoms with E-state index in [1.54, 1.807) is 6.33 Å². The number of rotatable bonds is 7. The lowest BCUT2D eigenvalue weighted by Crippen LogP contribution is -1.98. The molecule has 0 aromatic carbocycles. The van der Waals surface area contributed by atoms with Gasteiger partial charge in [0.15, 0.2) is 0 Å². The zero-order chi connectivity index (χ0) is 14.5. The molecule has 0 atom stereocenters. The van der Waals surface area contributed by atoms with Crippen molar-refractivity contribution >= 4 is 11.9 Å². The number of carbonyl (C=O) groups is 2. The van der Waals surface area contributed by atoms with Gasteiger partial charge < -0.3 is 20.9 Å². The van der Waals surface area contributed by atoms with E-state index in [1.807, 2.05) is 6.20 Å². The van der Waals surface area contributed by atoms with Crippen molar-refractivity contribution in [2.24, 2.45) is 5.73 Å². The Kier molecular flexibility index (Phi) is 9.73. The third-order valence-electron chi connectivity index (χ3n) is 2.07. The van der Waals surface area contributed by atoms with Crippen LogP contribution < -0.4 is 5.73 Å². The molecule has 1 heterocycles. The summed E-state index contributed by atoms with van der Waals surface area (Å²) < 4.78 is 0. The summed E-state index contributed by atoms with van der Waals surface area (Å²) in [7, 11) is 0. The molecule has 1 aromatic rings. The van der Waals surface area contributed by atoms with E-state index in [9.17, 15) is 9.59 Å². The van der Waals surface area contributed by atoms with E-state index in [0.29, 0.717) is 12.2 Å². The summed E-state index contributed by atoms with van der Waals surface area (Å²) in [5.41, 5.74) is 6.59. The maximum Gasteiger partial charge on any atom is 0.328 e. The molecule has 0 aliphatic heterocycles. The number of hydrogen-bond donors (Lipinski definition) is 4. The molecule has 0 spiro atoms. The molecule has 7 heteroatoms. The molecule has 0 unspecified atom stereocenters. The Balaban J connectivity index is 0.000000362. The summed E-state index contributed by atoms with van der Waals surface area (Å²) in [5.74, 6) is -2.51. The molecule has 106 valence electrons. The minimum atomic E-state index is -1.26. The van der Waals surface area contributed by atoms with Crippen molar-refractivity contribution in [3.8, 4) is 0 Å². The molecule has 0 aliphatic rings. The van der Waals surface area contributed by atoms with Gasteiger partial charge in [0.25, 0.3) is 0 Å². The topological polar surface area (TPSA) is 129 Å². The summed E-state index contributed by atoms with van der Waals surface area (Å²) in [4.78, 5) is 26.1. The van der Waals surface area contributed by atoms with Crippen LogP contribution in [-0.2, 0) is 16.0 Å². The molecular formula is C12H19N3O4. The highest BCUT2D eigenvalue weighted by molar-refractivity contribution is 5.89. The predicted molar refractivity (Wildman–Crippen MR) is 69.6 cm³/mol. The number of imidazole rings is 1. The molecule has 1 aromatic heterocycles. The molecule has 0 aliphatic carbocycles. The molecule has 19 heavy (non-hydrogen) atoms. The number of nitrogens with one attached hydrogen (secondary N) is 1. The largest absolute Gasteiger partial charge is 0.478 e. The van der Waals surface area contributed by atoms with E-state index in [-0.39, 0.29) is 0 Å². The second-order valence-electron chi connectivity index (χ2n) is 3.69. The average molecular weight is 269 g/mol. The Bertz CT molecular complexity index is 372. The quantitative estimate of drug-likeness (QED) is 0.428. The van der Waals surface area contributed by atoms with E-state index in [0.717, 1.165) is 19.4 Å². The fourth-order valence-corrected chi connectivity index (χ4v) is 1.20. The molecular weight excluding hydrogens is 250 g/mol. The van der Waals surface area contributed by atoms with Crippen LogP contribution in [0, 0.1) is 0 Å². The van der Waals surface area contributed by atoms with E-state index in [2.05, 4.69) is 9.97 Å². The van der Waals surface area contributed by atoms with Crippen LogP contribution >= 0.6 is 0 Å². The monoisotopic (exact) mass is 269 g/mol. The number of aliphatic carboxylic acids is 2. The lowest BCUT2D eigenvalue weighted by Gasteiger charge is -1.95. The standard InChI is InChI=1S/C8H15N3.C4H4O4/c9-5-3-1-2-4-8-6-10-7-11-8;5-3(6)1-2-4(7)8/h6-7H,1-5,9H2,(H,10,11);1-2H,(H,5,6)(H,7,8)/b;2-1+. The molecule has 0 amide bonds. The van der Waals surface area contributed by atoms with Crippen LogP contribution in [0.3, 0.4) is 0 Å². The van der Waals surface area contributed by atoms with Gasteiger partial charge in [0.2, 0.25) is 0 Å². The first-order valence-corrected chi connectivity index (χ1v) is 5.87. The zero-order valence-corrected chi connectivity index (χ0v) is 10.6. The van der Waals surface area contributed by atoms with Crippen LogP contribution in [0.1, 0.15) is 25.0 Å². The number of aryl methyl sites for hydroxylation is 1. The lowest BCUT2D eigenvalue weighted by molar-refractivity contribution is -0.134. The SMILES string of the molecule is NCCCCCc1cnc[nH]1.O=C(O)/C=C/C(=O)O. The molecule has 0 saturated heterocycles. The van der Waals surface area contributed by atoms with Crippen molar-refractivity contribution in [3.63, 3.8) is 0 Å². The molecule has 5 N–H and O–H groups in total. The first-order valence-electron chi connectivity index (χ1n) is 5.87. The number of H-pyrrole nitrogens is 1. The Morgan fingerprint density at radius 3 is 2.26 bits per heavy atom. The summed E-state index contributed by atoms with van der Waals surface area (Å²) in [6.07, 6.45) is 9.37. The minimum Gasteiger partial charge on any atom is -0.478 e. The van der Waals surface area contributed by atoms with Crippen molar-refractivity contribution in [2.45, 2.75) is 25.7 Å². The summed E-state index contributed by atoms with van der Waals surface area (Å²) in [6.45, 7) is 0.809. The van der Waals surface area contributed by atoms with E-state index in [4.69, 9.17) is 15.9 Å². The number of hydrogen-bond acceptors (Lipinski definition) is 4. The van der Waals surface area contributed by atoms with Gasteiger partial charge in [-0.25, -0.2) is 14.6 Å². The molecule has 0 saturated carbocycles. The van der Waals surface area contributed by atoms with Gasteiger partial charge in [-0.15, -0.1) is 0 Å². The van der Waals surface area contributed by atoms with E-state index >= 15 is 0 Å². The highest BCUT2D eigenvalue weighted by Gasteiger charge is 1.92. The number of carboxylic acids is 2. The Morgan fingerprint density at radius 2 is 1.84 bits per heavy atom. The molecule has 1 rings (SSSR count). The van der Waals surface area contributed by atoms with Gasteiger partial charge in [-0.3, -0.25) is 0 Å². The normalized spacial score (nSPS) is 9.95. The maximum absolute atomic E-state index is 9.55. The van der Waals surface area contributed by atoms with Gasteiger partial charge >= 0.3 is 11.9 Å². The first kappa shape index (κ1) is 16.9. The Labute approximate surface area is 111 Å². The second kappa shape index (κ2) is 11.0. The second-order valence-corrected chi connectivity index (χ2v) is 3.69. The number of nitrogens with two attached hydrogens (primary N) is 1. The summed E-state index contributed by atoms with van der Waals surface area (Å²) in [6, 6.07) is 0. The fourth-order valence-electron chi connectivity index (χ4n) is 1.20. The average Bonchev–Trinajstić information content (AvgIpc) is 2.86. The molecule has 0 bridgehead atoms. The van der Waals surface area contributed by atoms with Crippen LogP contribution in [0.25, 0.3) is 0 Å². The Morgan fingerprint density at radius 1 is 1.21 bits per heavy atom. The smallest absolute Gasteiger partial charge is 0.328 e.